The average molecular weight is 229 g/mol. The molecule has 1 N–H and O–H groups in total. The lowest BCUT2D eigenvalue weighted by atomic mass is 10.2. The lowest BCUT2D eigenvalue weighted by Crippen LogP contribution is -2.12. The van der Waals surface area contributed by atoms with Crippen molar-refractivity contribution in [2.75, 3.05) is 25.1 Å². The van der Waals surface area contributed by atoms with Crippen molar-refractivity contribution in [3.05, 3.63) is 23.5 Å². The van der Waals surface area contributed by atoms with Gasteiger partial charge in [0.2, 0.25) is 0 Å². The van der Waals surface area contributed by atoms with E-state index in [0.29, 0.717) is 17.7 Å². The van der Waals surface area contributed by atoms with Gasteiger partial charge in [-0.05, 0) is 18.1 Å². The second-order valence-electron chi connectivity index (χ2n) is 3.76. The van der Waals surface area contributed by atoms with Crippen LogP contribution >= 0.6 is 11.6 Å². The van der Waals surface area contributed by atoms with Crippen LogP contribution in [0.25, 0.3) is 0 Å². The number of nitrogens with zero attached hydrogens (tertiary/aromatic N) is 1. The Morgan fingerprint density at radius 3 is 3.00 bits per heavy atom. The maximum Gasteiger partial charge on any atom is 0.131 e. The Hall–Kier alpha value is -0.800. The Morgan fingerprint density at radius 1 is 1.53 bits per heavy atom. The van der Waals surface area contributed by atoms with Gasteiger partial charge < -0.3 is 10.1 Å². The minimum atomic E-state index is 0.503. The number of hydrogen-bond donors (Lipinski definition) is 1. The van der Waals surface area contributed by atoms with Crippen molar-refractivity contribution >= 4 is 17.3 Å². The van der Waals surface area contributed by atoms with Gasteiger partial charge in [-0.15, -0.1) is 0 Å². The van der Waals surface area contributed by atoms with Crippen LogP contribution in [0.2, 0.25) is 5.15 Å². The molecule has 4 heteroatoms. The molecular formula is C11H17ClN2O. The Kier molecular flexibility index (Phi) is 5.43. The summed E-state index contributed by atoms with van der Waals surface area (Å²) >= 11 is 5.74. The summed E-state index contributed by atoms with van der Waals surface area (Å²) in [4.78, 5) is 3.90. The molecule has 0 atom stereocenters. The zero-order valence-electron chi connectivity index (χ0n) is 9.16. The molecule has 1 heterocycles. The summed E-state index contributed by atoms with van der Waals surface area (Å²) in [6.45, 7) is 6.57. The van der Waals surface area contributed by atoms with Gasteiger partial charge in [0, 0.05) is 25.0 Å². The molecule has 1 rings (SSSR count). The van der Waals surface area contributed by atoms with E-state index < -0.39 is 0 Å². The Balaban J connectivity index is 2.15. The number of nitrogens with one attached hydrogen (secondary N) is 1. The average Bonchev–Trinajstić information content (AvgIpc) is 2.17. The first-order valence-electron chi connectivity index (χ1n) is 5.11. The lowest BCUT2D eigenvalue weighted by Gasteiger charge is -2.08. The van der Waals surface area contributed by atoms with Gasteiger partial charge in [-0.1, -0.05) is 25.4 Å². The molecule has 0 spiro atoms. The molecule has 0 aliphatic rings. The number of hydrogen-bond acceptors (Lipinski definition) is 3. The van der Waals surface area contributed by atoms with Crippen LogP contribution in [-0.2, 0) is 4.74 Å². The number of anilines is 1. The molecule has 0 aliphatic heterocycles. The number of pyridine rings is 1. The van der Waals surface area contributed by atoms with Crippen LogP contribution in [-0.4, -0.2) is 24.7 Å². The van der Waals surface area contributed by atoms with Gasteiger partial charge in [-0.25, -0.2) is 4.98 Å². The monoisotopic (exact) mass is 228 g/mol. The molecule has 0 saturated carbocycles. The van der Waals surface area contributed by atoms with Crippen LogP contribution in [0.4, 0.5) is 5.69 Å². The first kappa shape index (κ1) is 12.3. The van der Waals surface area contributed by atoms with Crippen LogP contribution < -0.4 is 5.32 Å². The van der Waals surface area contributed by atoms with Gasteiger partial charge in [0.1, 0.15) is 5.15 Å². The molecule has 0 unspecified atom stereocenters. The van der Waals surface area contributed by atoms with Crippen LogP contribution in [0.3, 0.4) is 0 Å². The Bertz CT molecular complexity index is 292. The molecule has 1 aromatic rings. The lowest BCUT2D eigenvalue weighted by molar-refractivity contribution is 0.118. The van der Waals surface area contributed by atoms with E-state index in [2.05, 4.69) is 24.1 Å². The molecule has 0 fully saturated rings. The van der Waals surface area contributed by atoms with Gasteiger partial charge in [0.25, 0.3) is 0 Å². The number of ether oxygens (including phenoxy) is 1. The van der Waals surface area contributed by atoms with E-state index in [9.17, 15) is 0 Å². The second-order valence-corrected chi connectivity index (χ2v) is 4.15. The van der Waals surface area contributed by atoms with Gasteiger partial charge in [-0.2, -0.15) is 0 Å². The van der Waals surface area contributed by atoms with Crippen LogP contribution in [0.5, 0.6) is 0 Å². The first-order valence-corrected chi connectivity index (χ1v) is 5.49. The quantitative estimate of drug-likeness (QED) is 0.601. The van der Waals surface area contributed by atoms with Gasteiger partial charge in [-0.3, -0.25) is 0 Å². The van der Waals surface area contributed by atoms with E-state index in [1.165, 1.54) is 0 Å². The standard InChI is InChI=1S/C11H17ClN2O/c1-9(2)8-15-6-5-13-10-3-4-14-11(12)7-10/h3-4,7,9H,5-6,8H2,1-2H3,(H,13,14). The Labute approximate surface area is 95.8 Å². The first-order chi connectivity index (χ1) is 7.18. The third-order valence-electron chi connectivity index (χ3n) is 1.75. The molecule has 0 saturated heterocycles. The summed E-state index contributed by atoms with van der Waals surface area (Å²) in [5.41, 5.74) is 0.975. The molecule has 0 radical (unpaired) electrons. The van der Waals surface area contributed by atoms with Crippen molar-refractivity contribution in [2.45, 2.75) is 13.8 Å². The van der Waals surface area contributed by atoms with E-state index in [1.54, 1.807) is 12.3 Å². The summed E-state index contributed by atoms with van der Waals surface area (Å²) in [5.74, 6) is 0.584. The van der Waals surface area contributed by atoms with E-state index in [4.69, 9.17) is 16.3 Å². The number of halogens is 1. The van der Waals surface area contributed by atoms with Crippen LogP contribution in [0.15, 0.2) is 18.3 Å². The minimum Gasteiger partial charge on any atom is -0.383 e. The molecule has 1 aromatic heterocycles. The maximum absolute atomic E-state index is 5.74. The largest absolute Gasteiger partial charge is 0.383 e. The molecule has 15 heavy (non-hydrogen) atoms. The number of aromatic nitrogens is 1. The van der Waals surface area contributed by atoms with Crippen molar-refractivity contribution in [1.29, 1.82) is 0 Å². The van der Waals surface area contributed by atoms with E-state index >= 15 is 0 Å². The van der Waals surface area contributed by atoms with Crippen molar-refractivity contribution < 1.29 is 4.74 Å². The highest BCUT2D eigenvalue weighted by molar-refractivity contribution is 6.29. The molecule has 0 aromatic carbocycles. The number of rotatable bonds is 6. The fourth-order valence-corrected chi connectivity index (χ4v) is 1.27. The van der Waals surface area contributed by atoms with E-state index in [0.717, 1.165) is 18.8 Å². The molecular weight excluding hydrogens is 212 g/mol. The third kappa shape index (κ3) is 5.60. The topological polar surface area (TPSA) is 34.1 Å². The maximum atomic E-state index is 5.74. The molecule has 0 bridgehead atoms. The van der Waals surface area contributed by atoms with Gasteiger partial charge in [0.15, 0.2) is 0 Å². The fraction of sp³-hybridized carbons (Fsp3) is 0.545. The van der Waals surface area contributed by atoms with Crippen molar-refractivity contribution in [3.8, 4) is 0 Å². The molecule has 84 valence electrons. The molecule has 3 nitrogen and oxygen atoms in total. The van der Waals surface area contributed by atoms with E-state index in [1.807, 2.05) is 6.07 Å². The third-order valence-corrected chi connectivity index (χ3v) is 1.96. The zero-order chi connectivity index (χ0) is 11.1. The highest BCUT2D eigenvalue weighted by Crippen LogP contribution is 2.11. The molecule has 0 amide bonds. The predicted molar refractivity (Wildman–Crippen MR) is 63.4 cm³/mol. The van der Waals surface area contributed by atoms with Crippen molar-refractivity contribution in [2.24, 2.45) is 5.92 Å². The van der Waals surface area contributed by atoms with Crippen molar-refractivity contribution in [1.82, 2.24) is 4.98 Å². The predicted octanol–water partition coefficient (Wildman–Crippen LogP) is 2.82. The van der Waals surface area contributed by atoms with Gasteiger partial charge >= 0.3 is 0 Å². The normalized spacial score (nSPS) is 10.7. The van der Waals surface area contributed by atoms with Crippen LogP contribution in [0, 0.1) is 5.92 Å². The SMILES string of the molecule is CC(C)COCCNc1ccnc(Cl)c1. The van der Waals surface area contributed by atoms with Gasteiger partial charge in [0.05, 0.1) is 6.61 Å². The summed E-state index contributed by atoms with van der Waals surface area (Å²) in [6.07, 6.45) is 1.68. The highest BCUT2D eigenvalue weighted by Gasteiger charge is 1.95. The summed E-state index contributed by atoms with van der Waals surface area (Å²) in [7, 11) is 0. The zero-order valence-corrected chi connectivity index (χ0v) is 9.92. The van der Waals surface area contributed by atoms with Crippen molar-refractivity contribution in [3.63, 3.8) is 0 Å². The minimum absolute atomic E-state index is 0.503. The molecule has 0 aliphatic carbocycles. The summed E-state index contributed by atoms with van der Waals surface area (Å²) in [5, 5.41) is 3.71. The Morgan fingerprint density at radius 2 is 2.33 bits per heavy atom. The second kappa shape index (κ2) is 6.64. The summed E-state index contributed by atoms with van der Waals surface area (Å²) < 4.78 is 5.44. The fourth-order valence-electron chi connectivity index (χ4n) is 1.10. The smallest absolute Gasteiger partial charge is 0.131 e. The van der Waals surface area contributed by atoms with E-state index in [-0.39, 0.29) is 0 Å². The summed E-state index contributed by atoms with van der Waals surface area (Å²) in [6, 6.07) is 3.68. The van der Waals surface area contributed by atoms with Crippen LogP contribution in [0.1, 0.15) is 13.8 Å². The highest BCUT2D eigenvalue weighted by atomic mass is 35.5.